The number of hydrogen-bond acceptors (Lipinski definition) is 3. The molecule has 0 fully saturated rings. The Morgan fingerprint density at radius 2 is 1.44 bits per heavy atom. The van der Waals surface area contributed by atoms with Crippen LogP contribution in [0.1, 0.15) is 5.56 Å². The molecule has 0 radical (unpaired) electrons. The maximum absolute atomic E-state index is 10.4. The number of fused-ring (bicyclic) bond motifs is 3. The molecule has 6 heteroatoms. The van der Waals surface area contributed by atoms with Crippen molar-refractivity contribution in [3.63, 3.8) is 0 Å². The minimum atomic E-state index is -4.27. The molecule has 1 heterocycles. The molecule has 0 amide bonds. The summed E-state index contributed by atoms with van der Waals surface area (Å²) in [4.78, 5) is -0.178. The molecule has 0 atom stereocenters. The van der Waals surface area contributed by atoms with E-state index in [4.69, 9.17) is 16.0 Å². The van der Waals surface area contributed by atoms with E-state index in [2.05, 4.69) is 30.3 Å². The number of rotatable bonds is 2. The van der Waals surface area contributed by atoms with Crippen LogP contribution >= 0.6 is 11.6 Å². The molecule has 0 saturated heterocycles. The summed E-state index contributed by atoms with van der Waals surface area (Å²) in [7, 11) is -4.27. The summed E-state index contributed by atoms with van der Waals surface area (Å²) >= 11 is 5.93. The minimum Gasteiger partial charge on any atom is -0.744 e. The van der Waals surface area contributed by atoms with E-state index < -0.39 is 10.1 Å². The SMILES string of the molecule is Cc1ccc(S(=O)(=O)[O-])cc1.Clc1ccc(-c2ccc3c(ccc4ccccc43)[o+]2)cc1. The fraction of sp³-hybridized carbons (Fsp3) is 0.0385. The Balaban J connectivity index is 0.000000189. The zero-order valence-electron chi connectivity index (χ0n) is 17.2. The lowest BCUT2D eigenvalue weighted by Gasteiger charge is -2.05. The Morgan fingerprint density at radius 3 is 2.12 bits per heavy atom. The first-order valence-corrected chi connectivity index (χ1v) is 11.6. The van der Waals surface area contributed by atoms with Crippen LogP contribution in [-0.4, -0.2) is 13.0 Å². The molecular weight excluding hydrogens is 444 g/mol. The topological polar surface area (TPSA) is 68.5 Å². The second-order valence-corrected chi connectivity index (χ2v) is 9.09. The predicted octanol–water partition coefficient (Wildman–Crippen LogP) is 7.09. The lowest BCUT2D eigenvalue weighted by molar-refractivity contribution is 0.463. The molecular formula is C26H19ClO4S. The first-order valence-electron chi connectivity index (χ1n) is 9.84. The molecule has 0 N–H and O–H groups in total. The van der Waals surface area contributed by atoms with E-state index in [9.17, 15) is 13.0 Å². The van der Waals surface area contributed by atoms with E-state index in [0.717, 1.165) is 32.9 Å². The van der Waals surface area contributed by atoms with E-state index in [1.54, 1.807) is 12.1 Å². The molecule has 0 aliphatic heterocycles. The molecule has 1 aromatic heterocycles. The average Bonchev–Trinajstić information content (AvgIpc) is 2.79. The number of aryl methyl sites for hydroxylation is 1. The number of hydrogen-bond donors (Lipinski definition) is 0. The fourth-order valence-corrected chi connectivity index (χ4v) is 3.92. The lowest BCUT2D eigenvalue weighted by atomic mass is 10.1. The first-order chi connectivity index (χ1) is 15.3. The third kappa shape index (κ3) is 4.97. The standard InChI is InChI=1S/C19H12ClO.C7H8O3S/c20-15-8-5-14(6-9-15)18-12-10-17-16-4-2-1-3-13(16)7-11-19(17)21-18;1-6-2-4-7(5-3-6)11(8,9)10/h1-12H;2-5H,1H3,(H,8,9,10)/q+1;/p-1. The summed E-state index contributed by atoms with van der Waals surface area (Å²) in [5, 5.41) is 4.29. The van der Waals surface area contributed by atoms with Crippen molar-refractivity contribution < 1.29 is 17.4 Å². The molecule has 0 aliphatic carbocycles. The van der Waals surface area contributed by atoms with Crippen molar-refractivity contribution in [3.05, 3.63) is 108 Å². The summed E-state index contributed by atoms with van der Waals surface area (Å²) in [6, 6.07) is 30.0. The quantitative estimate of drug-likeness (QED) is 0.159. The third-order valence-electron chi connectivity index (χ3n) is 4.99. The zero-order chi connectivity index (χ0) is 22.7. The summed E-state index contributed by atoms with van der Waals surface area (Å²) in [6.45, 7) is 1.82. The van der Waals surface area contributed by atoms with Crippen LogP contribution in [-0.2, 0) is 10.1 Å². The van der Waals surface area contributed by atoms with E-state index in [0.29, 0.717) is 0 Å². The monoisotopic (exact) mass is 462 g/mol. The summed E-state index contributed by atoms with van der Waals surface area (Å²) in [5.41, 5.74) is 2.84. The largest absolute Gasteiger partial charge is 0.744 e. The molecule has 32 heavy (non-hydrogen) atoms. The minimum absolute atomic E-state index is 0.178. The van der Waals surface area contributed by atoms with Gasteiger partial charge in [0.2, 0.25) is 0 Å². The van der Waals surface area contributed by atoms with Gasteiger partial charge >= 0.3 is 11.3 Å². The Morgan fingerprint density at radius 1 is 0.750 bits per heavy atom. The van der Waals surface area contributed by atoms with Crippen molar-refractivity contribution in [1.29, 1.82) is 0 Å². The highest BCUT2D eigenvalue weighted by molar-refractivity contribution is 7.85. The zero-order valence-corrected chi connectivity index (χ0v) is 18.7. The van der Waals surface area contributed by atoms with Crippen molar-refractivity contribution in [2.24, 2.45) is 0 Å². The van der Waals surface area contributed by atoms with Crippen LogP contribution < -0.4 is 0 Å². The van der Waals surface area contributed by atoms with E-state index in [1.807, 2.05) is 49.4 Å². The molecule has 5 aromatic rings. The Hall–Kier alpha value is -3.25. The molecule has 0 aliphatic rings. The summed E-state index contributed by atoms with van der Waals surface area (Å²) in [6.07, 6.45) is 0. The van der Waals surface area contributed by atoms with Gasteiger partial charge in [-0.1, -0.05) is 53.6 Å². The van der Waals surface area contributed by atoms with Crippen LogP contribution in [0.25, 0.3) is 33.1 Å². The molecule has 4 nitrogen and oxygen atoms in total. The van der Waals surface area contributed by atoms with Crippen LogP contribution in [0, 0.1) is 6.92 Å². The van der Waals surface area contributed by atoms with Gasteiger partial charge in [0.05, 0.1) is 15.8 Å². The van der Waals surface area contributed by atoms with Gasteiger partial charge in [-0.25, -0.2) is 12.8 Å². The van der Waals surface area contributed by atoms with Gasteiger partial charge in [-0.15, -0.1) is 0 Å². The second kappa shape index (κ2) is 9.09. The van der Waals surface area contributed by atoms with Crippen molar-refractivity contribution >= 4 is 43.5 Å². The first kappa shape index (κ1) is 22.0. The Bertz CT molecular complexity index is 1490. The molecule has 5 rings (SSSR count). The smallest absolute Gasteiger partial charge is 0.361 e. The van der Waals surface area contributed by atoms with E-state index in [1.165, 1.54) is 22.9 Å². The molecule has 160 valence electrons. The van der Waals surface area contributed by atoms with Crippen LogP contribution in [0.15, 0.2) is 106 Å². The molecule has 0 spiro atoms. The van der Waals surface area contributed by atoms with Gasteiger partial charge in [-0.2, -0.15) is 0 Å². The Labute approximate surface area is 191 Å². The van der Waals surface area contributed by atoms with E-state index >= 15 is 0 Å². The van der Waals surface area contributed by atoms with Gasteiger partial charge in [0.15, 0.2) is 0 Å². The highest BCUT2D eigenvalue weighted by atomic mass is 35.5. The van der Waals surface area contributed by atoms with Crippen molar-refractivity contribution in [3.8, 4) is 11.3 Å². The fourth-order valence-electron chi connectivity index (χ4n) is 3.32. The van der Waals surface area contributed by atoms with Gasteiger partial charge in [0.25, 0.3) is 0 Å². The van der Waals surface area contributed by atoms with E-state index in [-0.39, 0.29) is 4.90 Å². The highest BCUT2D eigenvalue weighted by Crippen LogP contribution is 2.30. The maximum Gasteiger partial charge on any atom is 0.361 e. The summed E-state index contributed by atoms with van der Waals surface area (Å²) < 4.78 is 37.2. The highest BCUT2D eigenvalue weighted by Gasteiger charge is 2.15. The number of benzene rings is 4. The third-order valence-corrected chi connectivity index (χ3v) is 6.09. The van der Waals surface area contributed by atoms with Crippen molar-refractivity contribution in [1.82, 2.24) is 0 Å². The van der Waals surface area contributed by atoms with Gasteiger partial charge in [-0.3, -0.25) is 0 Å². The molecule has 4 aromatic carbocycles. The van der Waals surface area contributed by atoms with Crippen LogP contribution in [0.4, 0.5) is 0 Å². The molecule has 0 bridgehead atoms. The van der Waals surface area contributed by atoms with Crippen LogP contribution in [0.3, 0.4) is 0 Å². The van der Waals surface area contributed by atoms with Crippen molar-refractivity contribution in [2.45, 2.75) is 11.8 Å². The molecule has 0 saturated carbocycles. The average molecular weight is 463 g/mol. The Kier molecular flexibility index (Phi) is 6.24. The van der Waals surface area contributed by atoms with Gasteiger partial charge < -0.3 is 4.55 Å². The normalized spacial score (nSPS) is 11.2. The van der Waals surface area contributed by atoms with Gasteiger partial charge in [-0.05, 0) is 66.2 Å². The second-order valence-electron chi connectivity index (χ2n) is 7.27. The van der Waals surface area contributed by atoms with Crippen LogP contribution in [0.5, 0.6) is 0 Å². The maximum atomic E-state index is 10.4. The van der Waals surface area contributed by atoms with Gasteiger partial charge in [0.1, 0.15) is 10.1 Å². The van der Waals surface area contributed by atoms with Gasteiger partial charge in [0, 0.05) is 17.2 Å². The van der Waals surface area contributed by atoms with Crippen LogP contribution in [0.2, 0.25) is 5.02 Å². The molecule has 0 unspecified atom stereocenters. The number of halogens is 1. The predicted molar refractivity (Wildman–Crippen MR) is 128 cm³/mol. The van der Waals surface area contributed by atoms with Crippen molar-refractivity contribution in [2.75, 3.05) is 0 Å². The lowest BCUT2D eigenvalue weighted by Crippen LogP contribution is -1.97. The summed E-state index contributed by atoms with van der Waals surface area (Å²) in [5.74, 6) is 0.842.